The molecule has 0 atom stereocenters. The molecule has 0 unspecified atom stereocenters. The Morgan fingerprint density at radius 2 is 1.73 bits per heavy atom. The van der Waals surface area contributed by atoms with Crippen LogP contribution < -0.4 is 10.6 Å². The second kappa shape index (κ2) is 9.21. The number of nitrogens with zero attached hydrogens (tertiary/aromatic N) is 1. The van der Waals surface area contributed by atoms with Crippen molar-refractivity contribution < 1.29 is 4.79 Å². The molecule has 5 nitrogen and oxygen atoms in total. The van der Waals surface area contributed by atoms with Crippen LogP contribution in [-0.4, -0.2) is 29.0 Å². The fourth-order valence-electron chi connectivity index (χ4n) is 2.35. The fourth-order valence-corrected chi connectivity index (χ4v) is 2.35. The van der Waals surface area contributed by atoms with Gasteiger partial charge in [-0.2, -0.15) is 0 Å². The Kier molecular flexibility index (Phi) is 6.19. The molecular weight excluding hydrogens is 324 g/mol. The van der Waals surface area contributed by atoms with Crippen LogP contribution in [0.15, 0.2) is 67.0 Å². The molecule has 3 aromatic rings. The molecule has 26 heavy (non-hydrogen) atoms. The van der Waals surface area contributed by atoms with E-state index in [-0.39, 0.29) is 12.5 Å². The summed E-state index contributed by atoms with van der Waals surface area (Å²) >= 11 is 0. The zero-order chi connectivity index (χ0) is 18.0. The number of H-pyrrole nitrogens is 1. The second-order valence-corrected chi connectivity index (χ2v) is 5.70. The third-order valence-corrected chi connectivity index (χ3v) is 3.67. The van der Waals surface area contributed by atoms with Crippen molar-refractivity contribution in [2.45, 2.75) is 6.42 Å². The molecule has 0 aliphatic heterocycles. The Bertz CT molecular complexity index is 875. The van der Waals surface area contributed by atoms with Gasteiger partial charge in [0.15, 0.2) is 0 Å². The Balaban J connectivity index is 1.43. The molecule has 1 heterocycles. The summed E-state index contributed by atoms with van der Waals surface area (Å²) < 4.78 is 0. The van der Waals surface area contributed by atoms with Gasteiger partial charge < -0.3 is 15.6 Å². The Labute approximate surface area is 152 Å². The highest BCUT2D eigenvalue weighted by Crippen LogP contribution is 2.09. The summed E-state index contributed by atoms with van der Waals surface area (Å²) in [6.07, 6.45) is 4.26. The number of benzene rings is 2. The summed E-state index contributed by atoms with van der Waals surface area (Å²) in [4.78, 5) is 19.1. The van der Waals surface area contributed by atoms with Gasteiger partial charge in [0.2, 0.25) is 5.91 Å². The van der Waals surface area contributed by atoms with E-state index in [2.05, 4.69) is 32.4 Å². The number of imidazole rings is 1. The number of hydrogen-bond donors (Lipinski definition) is 3. The van der Waals surface area contributed by atoms with Crippen molar-refractivity contribution in [2.24, 2.45) is 0 Å². The number of carbonyl (C=O) groups excluding carboxylic acids is 1. The minimum Gasteiger partial charge on any atom is -0.349 e. The van der Waals surface area contributed by atoms with Crippen LogP contribution in [0.4, 0.5) is 5.69 Å². The van der Waals surface area contributed by atoms with Gasteiger partial charge in [-0.25, -0.2) is 4.98 Å². The zero-order valence-electron chi connectivity index (χ0n) is 14.3. The number of amides is 1. The van der Waals surface area contributed by atoms with Crippen LogP contribution in [0.3, 0.4) is 0 Å². The van der Waals surface area contributed by atoms with Crippen molar-refractivity contribution in [3.63, 3.8) is 0 Å². The maximum Gasteiger partial charge on any atom is 0.238 e. The Hall–Kier alpha value is -3.36. The maximum atomic E-state index is 11.9. The number of aromatic nitrogens is 2. The highest BCUT2D eigenvalue weighted by molar-refractivity contribution is 5.92. The van der Waals surface area contributed by atoms with Gasteiger partial charge in [-0.3, -0.25) is 4.79 Å². The molecule has 1 amide bonds. The van der Waals surface area contributed by atoms with Crippen molar-refractivity contribution in [1.29, 1.82) is 0 Å². The molecule has 130 valence electrons. The van der Waals surface area contributed by atoms with E-state index in [4.69, 9.17) is 0 Å². The molecule has 2 aromatic carbocycles. The summed E-state index contributed by atoms with van der Waals surface area (Å²) in [5.41, 5.74) is 2.64. The van der Waals surface area contributed by atoms with Gasteiger partial charge >= 0.3 is 0 Å². The van der Waals surface area contributed by atoms with Gasteiger partial charge in [0.25, 0.3) is 0 Å². The van der Waals surface area contributed by atoms with Gasteiger partial charge in [0.05, 0.1) is 6.54 Å². The number of carbonyl (C=O) groups is 1. The first-order valence-electron chi connectivity index (χ1n) is 8.45. The lowest BCUT2D eigenvalue weighted by Gasteiger charge is -2.06. The molecule has 0 saturated carbocycles. The first-order chi connectivity index (χ1) is 12.8. The predicted octanol–water partition coefficient (Wildman–Crippen LogP) is 2.58. The Morgan fingerprint density at radius 1 is 1.00 bits per heavy atom. The number of nitrogens with one attached hydrogen (secondary N) is 3. The van der Waals surface area contributed by atoms with Gasteiger partial charge in [-0.15, -0.1) is 0 Å². The normalized spacial score (nSPS) is 10.0. The first-order valence-corrected chi connectivity index (χ1v) is 8.45. The van der Waals surface area contributed by atoms with Crippen LogP contribution in [0.2, 0.25) is 0 Å². The predicted molar refractivity (Wildman–Crippen MR) is 103 cm³/mol. The molecule has 3 N–H and O–H groups in total. The lowest BCUT2D eigenvalue weighted by Crippen LogP contribution is -2.29. The Morgan fingerprint density at radius 3 is 2.42 bits per heavy atom. The third kappa shape index (κ3) is 5.62. The highest BCUT2D eigenvalue weighted by Gasteiger charge is 2.02. The lowest BCUT2D eigenvalue weighted by molar-refractivity contribution is -0.115. The number of hydrogen-bond acceptors (Lipinski definition) is 3. The number of rotatable bonds is 6. The van der Waals surface area contributed by atoms with Crippen LogP contribution in [0.5, 0.6) is 0 Å². The zero-order valence-corrected chi connectivity index (χ0v) is 14.3. The molecule has 0 spiro atoms. The van der Waals surface area contributed by atoms with E-state index in [1.54, 1.807) is 12.4 Å². The second-order valence-electron chi connectivity index (χ2n) is 5.70. The van der Waals surface area contributed by atoms with E-state index in [1.807, 2.05) is 54.6 Å². The van der Waals surface area contributed by atoms with Crippen molar-refractivity contribution in [3.8, 4) is 11.8 Å². The smallest absolute Gasteiger partial charge is 0.238 e. The molecule has 5 heteroatoms. The van der Waals surface area contributed by atoms with Crippen LogP contribution in [0.1, 0.15) is 17.0 Å². The van der Waals surface area contributed by atoms with E-state index in [0.717, 1.165) is 29.1 Å². The average Bonchev–Trinajstić information content (AvgIpc) is 3.19. The van der Waals surface area contributed by atoms with Gasteiger partial charge in [0.1, 0.15) is 5.82 Å². The van der Waals surface area contributed by atoms with E-state index in [9.17, 15) is 4.79 Å². The first kappa shape index (κ1) is 17.5. The minimum absolute atomic E-state index is 0.0763. The molecule has 3 rings (SSSR count). The molecule has 0 aliphatic rings. The van der Waals surface area contributed by atoms with Crippen LogP contribution in [-0.2, 0) is 11.2 Å². The highest BCUT2D eigenvalue weighted by atomic mass is 16.1. The summed E-state index contributed by atoms with van der Waals surface area (Å²) in [7, 11) is 0. The number of aromatic amines is 1. The van der Waals surface area contributed by atoms with Crippen molar-refractivity contribution in [1.82, 2.24) is 15.3 Å². The van der Waals surface area contributed by atoms with Crippen molar-refractivity contribution in [2.75, 3.05) is 18.4 Å². The van der Waals surface area contributed by atoms with Gasteiger partial charge in [0, 0.05) is 42.2 Å². The summed E-state index contributed by atoms with van der Waals surface area (Å²) in [6.45, 7) is 0.950. The molecule has 1 aromatic heterocycles. The minimum atomic E-state index is -0.0763. The van der Waals surface area contributed by atoms with Crippen LogP contribution in [0.25, 0.3) is 0 Å². The van der Waals surface area contributed by atoms with E-state index >= 15 is 0 Å². The fraction of sp³-hybridized carbons (Fsp3) is 0.143. The molecule has 0 aliphatic carbocycles. The lowest BCUT2D eigenvalue weighted by atomic mass is 10.1. The molecule has 0 saturated heterocycles. The third-order valence-electron chi connectivity index (χ3n) is 3.67. The molecule has 0 bridgehead atoms. The van der Waals surface area contributed by atoms with E-state index < -0.39 is 0 Å². The number of anilines is 1. The summed E-state index contributed by atoms with van der Waals surface area (Å²) in [6, 6.07) is 17.4. The van der Waals surface area contributed by atoms with Gasteiger partial charge in [-0.05, 0) is 36.4 Å². The SMILES string of the molecule is O=C(CNCCc1ncc[nH]1)Nc1ccc(C#Cc2ccccc2)cc1. The van der Waals surface area contributed by atoms with Crippen LogP contribution in [0, 0.1) is 11.8 Å². The standard InChI is InChI=1S/C21H20N4O/c26-21(16-22-13-12-20-23-14-15-24-20)25-19-10-8-18(9-11-19)7-6-17-4-2-1-3-5-17/h1-5,8-11,14-15,22H,12-13,16H2,(H,23,24)(H,25,26). The van der Waals surface area contributed by atoms with E-state index in [1.165, 1.54) is 0 Å². The molecule has 0 radical (unpaired) electrons. The van der Waals surface area contributed by atoms with Gasteiger partial charge in [-0.1, -0.05) is 30.0 Å². The van der Waals surface area contributed by atoms with Crippen molar-refractivity contribution in [3.05, 3.63) is 83.9 Å². The van der Waals surface area contributed by atoms with Crippen molar-refractivity contribution >= 4 is 11.6 Å². The topological polar surface area (TPSA) is 69.8 Å². The maximum absolute atomic E-state index is 11.9. The quantitative estimate of drug-likeness (QED) is 0.475. The largest absolute Gasteiger partial charge is 0.349 e. The van der Waals surface area contributed by atoms with Crippen LogP contribution >= 0.6 is 0 Å². The molecule has 0 fully saturated rings. The average molecular weight is 344 g/mol. The molecular formula is C21H20N4O. The summed E-state index contributed by atoms with van der Waals surface area (Å²) in [5, 5.41) is 5.96. The monoisotopic (exact) mass is 344 g/mol. The summed E-state index contributed by atoms with van der Waals surface area (Å²) in [5.74, 6) is 7.06. The van der Waals surface area contributed by atoms with E-state index in [0.29, 0.717) is 6.54 Å².